The lowest BCUT2D eigenvalue weighted by molar-refractivity contribution is -0.0396. The first kappa shape index (κ1) is 24.8. The number of rotatable bonds is 7. The Hall–Kier alpha value is -1.86. The second-order valence-electron chi connectivity index (χ2n) is 11.1. The van der Waals surface area contributed by atoms with Crippen LogP contribution in [0.25, 0.3) is 5.57 Å². The van der Waals surface area contributed by atoms with E-state index < -0.39 is 5.60 Å². The quantitative estimate of drug-likeness (QED) is 0.629. The van der Waals surface area contributed by atoms with E-state index in [9.17, 15) is 4.79 Å². The Labute approximate surface area is 193 Å². The first-order valence-corrected chi connectivity index (χ1v) is 12.1. The number of carbonyl (C=O) groups is 1. The number of aromatic nitrogens is 2. The molecular formula is C25H42N4O3. The van der Waals surface area contributed by atoms with Gasteiger partial charge in [-0.05, 0) is 77.3 Å². The average molecular weight is 447 g/mol. The number of nitrogens with zero attached hydrogens (tertiary/aromatic N) is 3. The summed E-state index contributed by atoms with van der Waals surface area (Å²) in [6.45, 7) is 13.1. The third-order valence-corrected chi connectivity index (χ3v) is 6.14. The highest BCUT2D eigenvalue weighted by atomic mass is 16.6. The number of hydrogen-bond donors (Lipinski definition) is 1. The number of alkyl carbamates (subject to hydrolysis) is 1. The van der Waals surface area contributed by atoms with Crippen LogP contribution in [0.4, 0.5) is 4.79 Å². The highest BCUT2D eigenvalue weighted by Gasteiger charge is 2.26. The summed E-state index contributed by atoms with van der Waals surface area (Å²) in [5.41, 5.74) is 3.58. The molecule has 0 spiro atoms. The van der Waals surface area contributed by atoms with Gasteiger partial charge in [0, 0.05) is 38.0 Å². The van der Waals surface area contributed by atoms with E-state index in [1.165, 1.54) is 24.0 Å². The van der Waals surface area contributed by atoms with Gasteiger partial charge in [0.15, 0.2) is 0 Å². The molecule has 1 aromatic rings. The minimum Gasteiger partial charge on any atom is -0.444 e. The van der Waals surface area contributed by atoms with E-state index >= 15 is 0 Å². The number of allylic oxidation sites excluding steroid dienone is 2. The Kier molecular flexibility index (Phi) is 8.04. The summed E-state index contributed by atoms with van der Waals surface area (Å²) in [5, 5.41) is 7.86. The van der Waals surface area contributed by atoms with E-state index in [1.54, 1.807) is 0 Å². The number of nitrogens with one attached hydrogen (secondary N) is 1. The molecule has 1 aliphatic heterocycles. The van der Waals surface area contributed by atoms with Crippen molar-refractivity contribution in [2.45, 2.75) is 91.5 Å². The molecule has 1 fully saturated rings. The SMILES string of the molecule is CN(CCNC(=O)OC(C)(C)C)Cc1cn([C@H]2CCCCO2)nc1C1=CCC(C)(C)CC1. The van der Waals surface area contributed by atoms with Crippen molar-refractivity contribution in [3.05, 3.63) is 23.5 Å². The lowest BCUT2D eigenvalue weighted by atomic mass is 9.77. The van der Waals surface area contributed by atoms with Crippen molar-refractivity contribution in [1.82, 2.24) is 20.0 Å². The summed E-state index contributed by atoms with van der Waals surface area (Å²) in [6.07, 6.45) is 10.9. The van der Waals surface area contributed by atoms with E-state index in [1.807, 2.05) is 25.5 Å². The van der Waals surface area contributed by atoms with Crippen LogP contribution in [0.1, 0.15) is 90.6 Å². The van der Waals surface area contributed by atoms with Crippen molar-refractivity contribution < 1.29 is 14.3 Å². The summed E-state index contributed by atoms with van der Waals surface area (Å²) < 4.78 is 13.4. The summed E-state index contributed by atoms with van der Waals surface area (Å²) >= 11 is 0. The topological polar surface area (TPSA) is 68.6 Å². The molecule has 2 heterocycles. The van der Waals surface area contributed by atoms with E-state index in [0.29, 0.717) is 12.0 Å². The van der Waals surface area contributed by atoms with Crippen molar-refractivity contribution >= 4 is 11.7 Å². The molecule has 32 heavy (non-hydrogen) atoms. The fourth-order valence-corrected chi connectivity index (χ4v) is 4.22. The monoisotopic (exact) mass is 446 g/mol. The number of likely N-dealkylation sites (N-methyl/N-ethyl adjacent to an activating group) is 1. The third kappa shape index (κ3) is 7.34. The van der Waals surface area contributed by atoms with Crippen LogP contribution < -0.4 is 5.32 Å². The molecule has 0 unspecified atom stereocenters. The molecule has 1 N–H and O–H groups in total. The van der Waals surface area contributed by atoms with Crippen LogP contribution >= 0.6 is 0 Å². The lowest BCUT2D eigenvalue weighted by Crippen LogP contribution is -2.36. The zero-order chi connectivity index (χ0) is 23.4. The van der Waals surface area contributed by atoms with E-state index in [2.05, 4.69) is 43.4 Å². The van der Waals surface area contributed by atoms with Gasteiger partial charge in [-0.15, -0.1) is 0 Å². The van der Waals surface area contributed by atoms with Crippen LogP contribution in [0.15, 0.2) is 12.3 Å². The second-order valence-corrected chi connectivity index (χ2v) is 11.1. The fraction of sp³-hybridized carbons (Fsp3) is 0.760. The Morgan fingerprint density at radius 3 is 2.78 bits per heavy atom. The van der Waals surface area contributed by atoms with Gasteiger partial charge in [-0.3, -0.25) is 0 Å². The molecular weight excluding hydrogens is 404 g/mol. The normalized spacial score (nSPS) is 21.3. The minimum atomic E-state index is -0.483. The van der Waals surface area contributed by atoms with Gasteiger partial charge in [-0.25, -0.2) is 9.48 Å². The van der Waals surface area contributed by atoms with Crippen molar-refractivity contribution in [2.75, 3.05) is 26.7 Å². The molecule has 1 saturated heterocycles. The number of carbonyl (C=O) groups excluding carboxylic acids is 1. The molecule has 0 radical (unpaired) electrons. The summed E-state index contributed by atoms with van der Waals surface area (Å²) in [5.74, 6) is 0. The molecule has 1 amide bonds. The highest BCUT2D eigenvalue weighted by Crippen LogP contribution is 2.39. The van der Waals surface area contributed by atoms with Gasteiger partial charge in [0.2, 0.25) is 0 Å². The van der Waals surface area contributed by atoms with Crippen molar-refractivity contribution in [1.29, 1.82) is 0 Å². The Morgan fingerprint density at radius 1 is 1.38 bits per heavy atom. The van der Waals surface area contributed by atoms with Crippen molar-refractivity contribution in [3.63, 3.8) is 0 Å². The van der Waals surface area contributed by atoms with Crippen LogP contribution in [0.3, 0.4) is 0 Å². The molecule has 1 aliphatic carbocycles. The van der Waals surface area contributed by atoms with E-state index in [4.69, 9.17) is 14.6 Å². The molecule has 1 atom stereocenters. The average Bonchev–Trinajstić information content (AvgIpc) is 3.11. The maximum atomic E-state index is 11.9. The zero-order valence-corrected chi connectivity index (χ0v) is 20.9. The molecule has 0 aromatic carbocycles. The number of ether oxygens (including phenoxy) is 2. The van der Waals surface area contributed by atoms with Crippen LogP contribution in [0.5, 0.6) is 0 Å². The van der Waals surface area contributed by atoms with Crippen molar-refractivity contribution in [2.24, 2.45) is 5.41 Å². The van der Waals surface area contributed by atoms with E-state index in [-0.39, 0.29) is 12.3 Å². The summed E-state index contributed by atoms with van der Waals surface area (Å²) in [6, 6.07) is 0. The van der Waals surface area contributed by atoms with Gasteiger partial charge in [0.05, 0.1) is 5.69 Å². The largest absolute Gasteiger partial charge is 0.444 e. The van der Waals surface area contributed by atoms with Gasteiger partial charge in [0.1, 0.15) is 11.8 Å². The predicted octanol–water partition coefficient (Wildman–Crippen LogP) is 5.13. The van der Waals surface area contributed by atoms with Crippen LogP contribution in [0.2, 0.25) is 0 Å². The minimum absolute atomic E-state index is 0.0380. The molecule has 1 aromatic heterocycles. The maximum absolute atomic E-state index is 11.9. The van der Waals surface area contributed by atoms with Gasteiger partial charge in [-0.2, -0.15) is 5.10 Å². The van der Waals surface area contributed by atoms with E-state index in [0.717, 1.165) is 51.1 Å². The fourth-order valence-electron chi connectivity index (χ4n) is 4.22. The Balaban J connectivity index is 1.66. The predicted molar refractivity (Wildman–Crippen MR) is 127 cm³/mol. The standard InChI is InChI=1S/C25H42N4O3/c1-24(2,3)32-23(30)26-14-15-28(6)17-20-18-29(21-9-7-8-16-31-21)27-22(20)19-10-12-25(4,5)13-11-19/h10,18,21H,7-9,11-17H2,1-6H3,(H,26,30)/t21-/m1/s1. The number of hydrogen-bond acceptors (Lipinski definition) is 5. The smallest absolute Gasteiger partial charge is 0.407 e. The van der Waals surface area contributed by atoms with Crippen molar-refractivity contribution in [3.8, 4) is 0 Å². The number of amides is 1. The molecule has 180 valence electrons. The third-order valence-electron chi connectivity index (χ3n) is 6.14. The lowest BCUT2D eigenvalue weighted by Gasteiger charge is -2.28. The van der Waals surface area contributed by atoms with Crippen LogP contribution in [-0.2, 0) is 16.0 Å². The van der Waals surface area contributed by atoms with Gasteiger partial charge < -0.3 is 19.7 Å². The Morgan fingerprint density at radius 2 is 2.16 bits per heavy atom. The molecule has 7 nitrogen and oxygen atoms in total. The zero-order valence-electron chi connectivity index (χ0n) is 20.9. The summed E-state index contributed by atoms with van der Waals surface area (Å²) in [7, 11) is 2.08. The molecule has 0 saturated carbocycles. The van der Waals surface area contributed by atoms with Gasteiger partial charge in [0.25, 0.3) is 0 Å². The molecule has 2 aliphatic rings. The maximum Gasteiger partial charge on any atom is 0.407 e. The highest BCUT2D eigenvalue weighted by molar-refractivity contribution is 5.67. The van der Waals surface area contributed by atoms with Crippen LogP contribution in [0, 0.1) is 5.41 Å². The first-order chi connectivity index (χ1) is 15.0. The van der Waals surface area contributed by atoms with Gasteiger partial charge >= 0.3 is 6.09 Å². The first-order valence-electron chi connectivity index (χ1n) is 12.1. The van der Waals surface area contributed by atoms with Crippen LogP contribution in [-0.4, -0.2) is 53.1 Å². The molecule has 7 heteroatoms. The summed E-state index contributed by atoms with van der Waals surface area (Å²) in [4.78, 5) is 14.1. The Bertz CT molecular complexity index is 801. The molecule has 3 rings (SSSR count). The van der Waals surface area contributed by atoms with Gasteiger partial charge in [-0.1, -0.05) is 19.9 Å². The second kappa shape index (κ2) is 10.4. The molecule has 0 bridgehead atoms.